The number of rotatable bonds is 8. The van der Waals surface area contributed by atoms with E-state index in [9.17, 15) is 0 Å². The molecule has 2 unspecified atom stereocenters. The van der Waals surface area contributed by atoms with Crippen LogP contribution in [-0.4, -0.2) is 36.1 Å². The Labute approximate surface area is 204 Å². The number of nitrogens with zero attached hydrogens (tertiary/aromatic N) is 3. The number of fused-ring (bicyclic) bond motifs is 1. The smallest absolute Gasteiger partial charge is 0.135 e. The molecule has 2 heterocycles. The van der Waals surface area contributed by atoms with Crippen LogP contribution in [0.25, 0.3) is 11.0 Å². The molecule has 0 radical (unpaired) electrons. The standard InChI is InChI=1S/C27H29ClN4O2/c1-18(2)20-4-3-5-24(13-20)33-27-15-29-14-21(27)17-32(23-9-7-22(28)8-10-23)16-19-6-11-25-26(12-19)31-34-30-25/h3-13,18,21,27,29H,14-17H2,1-2H3. The molecule has 1 aromatic heterocycles. The Bertz CT molecular complexity index is 1240. The van der Waals surface area contributed by atoms with Gasteiger partial charge in [0.05, 0.1) is 0 Å². The third kappa shape index (κ3) is 5.18. The predicted octanol–water partition coefficient (Wildman–Crippen LogP) is 5.67. The second-order valence-electron chi connectivity index (χ2n) is 9.25. The van der Waals surface area contributed by atoms with Crippen molar-refractivity contribution in [3.05, 3.63) is 82.9 Å². The second kappa shape index (κ2) is 10.0. The SMILES string of the molecule is CC(C)c1cccc(OC2CNCC2CN(Cc2ccc3nonc3c2)c2ccc(Cl)cc2)c1. The largest absolute Gasteiger partial charge is 0.489 e. The molecule has 3 aromatic carbocycles. The van der Waals surface area contributed by atoms with Gasteiger partial charge in [0.1, 0.15) is 22.9 Å². The van der Waals surface area contributed by atoms with E-state index in [1.165, 1.54) is 5.56 Å². The molecule has 1 aliphatic heterocycles. The fraction of sp³-hybridized carbons (Fsp3) is 0.333. The highest BCUT2D eigenvalue weighted by Crippen LogP contribution is 2.27. The van der Waals surface area contributed by atoms with Gasteiger partial charge in [-0.1, -0.05) is 43.6 Å². The van der Waals surface area contributed by atoms with Crippen molar-refractivity contribution >= 4 is 28.3 Å². The maximum absolute atomic E-state index is 6.49. The summed E-state index contributed by atoms with van der Waals surface area (Å²) in [6.45, 7) is 7.73. The van der Waals surface area contributed by atoms with Crippen molar-refractivity contribution in [3.63, 3.8) is 0 Å². The zero-order valence-corrected chi connectivity index (χ0v) is 20.2. The van der Waals surface area contributed by atoms with E-state index in [4.69, 9.17) is 21.0 Å². The van der Waals surface area contributed by atoms with Gasteiger partial charge in [-0.2, -0.15) is 0 Å². The summed E-state index contributed by atoms with van der Waals surface area (Å²) in [5.74, 6) is 1.74. The van der Waals surface area contributed by atoms with Crippen LogP contribution in [0.5, 0.6) is 5.75 Å². The molecule has 7 heteroatoms. The number of anilines is 1. The van der Waals surface area contributed by atoms with Crippen molar-refractivity contribution in [2.75, 3.05) is 24.5 Å². The summed E-state index contributed by atoms with van der Waals surface area (Å²) in [6, 6.07) is 22.5. The monoisotopic (exact) mass is 476 g/mol. The van der Waals surface area contributed by atoms with Gasteiger partial charge in [0.15, 0.2) is 0 Å². The van der Waals surface area contributed by atoms with Gasteiger partial charge in [0.25, 0.3) is 0 Å². The van der Waals surface area contributed by atoms with Crippen molar-refractivity contribution < 1.29 is 9.37 Å². The van der Waals surface area contributed by atoms with Gasteiger partial charge in [-0.15, -0.1) is 0 Å². The van der Waals surface area contributed by atoms with Gasteiger partial charge in [0.2, 0.25) is 0 Å². The van der Waals surface area contributed by atoms with E-state index in [0.29, 0.717) is 11.8 Å². The number of hydrogen-bond donors (Lipinski definition) is 1. The molecule has 2 atom stereocenters. The number of hydrogen-bond acceptors (Lipinski definition) is 6. The molecule has 0 bridgehead atoms. The Morgan fingerprint density at radius 1 is 1.03 bits per heavy atom. The summed E-state index contributed by atoms with van der Waals surface area (Å²) < 4.78 is 11.4. The first-order valence-corrected chi connectivity index (χ1v) is 12.1. The molecule has 1 N–H and O–H groups in total. The van der Waals surface area contributed by atoms with Gasteiger partial charge in [0, 0.05) is 42.8 Å². The molecule has 0 amide bonds. The molecule has 1 fully saturated rings. The number of halogens is 1. The quantitative estimate of drug-likeness (QED) is 0.353. The van der Waals surface area contributed by atoms with Gasteiger partial charge in [-0.05, 0) is 75.9 Å². The molecule has 6 nitrogen and oxygen atoms in total. The molecule has 1 saturated heterocycles. The highest BCUT2D eigenvalue weighted by atomic mass is 35.5. The van der Waals surface area contributed by atoms with Crippen molar-refractivity contribution in [3.8, 4) is 5.75 Å². The van der Waals surface area contributed by atoms with E-state index in [1.807, 2.05) is 24.3 Å². The second-order valence-corrected chi connectivity index (χ2v) is 9.68. The van der Waals surface area contributed by atoms with Crippen molar-refractivity contribution in [1.82, 2.24) is 15.6 Å². The molecule has 176 valence electrons. The highest BCUT2D eigenvalue weighted by Gasteiger charge is 2.31. The Morgan fingerprint density at radius 2 is 1.85 bits per heavy atom. The fourth-order valence-electron chi connectivity index (χ4n) is 4.49. The summed E-state index contributed by atoms with van der Waals surface area (Å²) in [6.07, 6.45) is 0.0967. The minimum atomic E-state index is 0.0967. The van der Waals surface area contributed by atoms with E-state index < -0.39 is 0 Å². The van der Waals surface area contributed by atoms with Crippen LogP contribution in [0.3, 0.4) is 0 Å². The van der Waals surface area contributed by atoms with Crippen LogP contribution in [0.2, 0.25) is 5.02 Å². The summed E-state index contributed by atoms with van der Waals surface area (Å²) in [7, 11) is 0. The summed E-state index contributed by atoms with van der Waals surface area (Å²) in [4.78, 5) is 2.38. The molecular formula is C27H29ClN4O2. The normalized spacial score (nSPS) is 18.0. The van der Waals surface area contributed by atoms with Crippen LogP contribution in [-0.2, 0) is 6.54 Å². The first-order valence-electron chi connectivity index (χ1n) is 11.7. The Balaban J connectivity index is 1.36. The van der Waals surface area contributed by atoms with Crippen LogP contribution >= 0.6 is 11.6 Å². The minimum Gasteiger partial charge on any atom is -0.489 e. The van der Waals surface area contributed by atoms with Crippen LogP contribution in [0.1, 0.15) is 30.9 Å². The number of ether oxygens (including phenoxy) is 1. The lowest BCUT2D eigenvalue weighted by molar-refractivity contribution is 0.175. The summed E-state index contributed by atoms with van der Waals surface area (Å²) >= 11 is 6.17. The molecule has 4 aromatic rings. The average molecular weight is 477 g/mol. The van der Waals surface area contributed by atoms with Gasteiger partial charge < -0.3 is 15.0 Å². The highest BCUT2D eigenvalue weighted by molar-refractivity contribution is 6.30. The van der Waals surface area contributed by atoms with Gasteiger partial charge in [-0.3, -0.25) is 0 Å². The molecule has 0 saturated carbocycles. The molecule has 34 heavy (non-hydrogen) atoms. The van der Waals surface area contributed by atoms with Crippen LogP contribution in [0.4, 0.5) is 5.69 Å². The van der Waals surface area contributed by atoms with Crippen molar-refractivity contribution in [2.45, 2.75) is 32.4 Å². The number of aromatic nitrogens is 2. The molecular weight excluding hydrogens is 448 g/mol. The van der Waals surface area contributed by atoms with Crippen LogP contribution in [0.15, 0.2) is 71.4 Å². The lowest BCUT2D eigenvalue weighted by Gasteiger charge is -2.30. The van der Waals surface area contributed by atoms with E-state index in [0.717, 1.165) is 59.2 Å². The summed E-state index contributed by atoms with van der Waals surface area (Å²) in [5, 5.41) is 12.2. The van der Waals surface area contributed by atoms with Crippen molar-refractivity contribution in [1.29, 1.82) is 0 Å². The Kier molecular flexibility index (Phi) is 6.70. The molecule has 0 spiro atoms. The van der Waals surface area contributed by atoms with E-state index in [1.54, 1.807) is 0 Å². The van der Waals surface area contributed by atoms with Gasteiger partial charge >= 0.3 is 0 Å². The molecule has 1 aliphatic rings. The molecule has 5 rings (SSSR count). The maximum Gasteiger partial charge on any atom is 0.135 e. The minimum absolute atomic E-state index is 0.0967. The lowest BCUT2D eigenvalue weighted by Crippen LogP contribution is -2.37. The third-order valence-corrected chi connectivity index (χ3v) is 6.68. The zero-order chi connectivity index (χ0) is 23.5. The topological polar surface area (TPSA) is 63.4 Å². The Hall–Kier alpha value is -3.09. The zero-order valence-electron chi connectivity index (χ0n) is 19.4. The van der Waals surface area contributed by atoms with Gasteiger partial charge in [-0.25, -0.2) is 4.63 Å². The predicted molar refractivity (Wildman–Crippen MR) is 136 cm³/mol. The Morgan fingerprint density at radius 3 is 2.68 bits per heavy atom. The fourth-order valence-corrected chi connectivity index (χ4v) is 4.62. The maximum atomic E-state index is 6.49. The van der Waals surface area contributed by atoms with E-state index >= 15 is 0 Å². The number of nitrogens with one attached hydrogen (secondary N) is 1. The summed E-state index contributed by atoms with van der Waals surface area (Å²) in [5.41, 5.74) is 5.09. The van der Waals surface area contributed by atoms with E-state index in [2.05, 4.69) is 76.8 Å². The van der Waals surface area contributed by atoms with Crippen LogP contribution in [0, 0.1) is 5.92 Å². The first-order chi connectivity index (χ1) is 16.5. The lowest BCUT2D eigenvalue weighted by atomic mass is 10.0. The third-order valence-electron chi connectivity index (χ3n) is 6.43. The number of benzene rings is 3. The first kappa shape index (κ1) is 22.7. The van der Waals surface area contributed by atoms with Crippen LogP contribution < -0.4 is 15.0 Å². The molecule has 0 aliphatic carbocycles. The van der Waals surface area contributed by atoms with E-state index in [-0.39, 0.29) is 6.10 Å². The van der Waals surface area contributed by atoms with Crippen molar-refractivity contribution in [2.24, 2.45) is 5.92 Å². The average Bonchev–Trinajstić information content (AvgIpc) is 3.48.